The number of nitrogens with zero attached hydrogens (tertiary/aromatic N) is 3. The van der Waals surface area contributed by atoms with E-state index in [0.717, 1.165) is 16.2 Å². The van der Waals surface area contributed by atoms with E-state index in [1.807, 2.05) is 0 Å². The minimum absolute atomic E-state index is 0.150. The third kappa shape index (κ3) is 3.53. The van der Waals surface area contributed by atoms with Crippen LogP contribution >= 0.6 is 11.3 Å². The molecule has 0 fully saturated rings. The zero-order valence-electron chi connectivity index (χ0n) is 16.3. The number of ether oxygens (including phenoxy) is 1. The second-order valence-electron chi connectivity index (χ2n) is 6.60. The Balaban J connectivity index is 1.68. The van der Waals surface area contributed by atoms with Gasteiger partial charge in [-0.3, -0.25) is 19.3 Å². The number of rotatable bonds is 4. The molecule has 0 atom stereocenters. The molecule has 0 unspecified atom stereocenters. The van der Waals surface area contributed by atoms with E-state index < -0.39 is 30.2 Å². The fourth-order valence-electron chi connectivity index (χ4n) is 3.31. The maximum absolute atomic E-state index is 12.6. The fourth-order valence-corrected chi connectivity index (χ4v) is 4.39. The summed E-state index contributed by atoms with van der Waals surface area (Å²) < 4.78 is 7.07. The highest BCUT2D eigenvalue weighted by Crippen LogP contribution is 2.22. The summed E-state index contributed by atoms with van der Waals surface area (Å²) in [4.78, 5) is 54.6. The second kappa shape index (κ2) is 8.01. The molecule has 2 heterocycles. The molecule has 1 aliphatic heterocycles. The summed E-state index contributed by atoms with van der Waals surface area (Å²) in [5.41, 5.74) is 1.58. The van der Waals surface area contributed by atoms with Crippen molar-refractivity contribution in [1.29, 1.82) is 0 Å². The molecule has 0 saturated heterocycles. The van der Waals surface area contributed by atoms with Gasteiger partial charge in [-0.05, 0) is 30.3 Å². The van der Waals surface area contributed by atoms with Crippen molar-refractivity contribution < 1.29 is 23.9 Å². The average molecular weight is 433 g/mol. The largest absolute Gasteiger partial charge is 0.465 e. The van der Waals surface area contributed by atoms with Crippen molar-refractivity contribution in [3.05, 3.63) is 64.0 Å². The van der Waals surface area contributed by atoms with Gasteiger partial charge in [0.1, 0.15) is 6.54 Å². The van der Waals surface area contributed by atoms with Crippen LogP contribution in [0.2, 0.25) is 0 Å². The van der Waals surface area contributed by atoms with E-state index in [1.54, 1.807) is 47.0 Å². The van der Waals surface area contributed by atoms with Crippen molar-refractivity contribution in [1.82, 2.24) is 9.47 Å². The van der Waals surface area contributed by atoms with E-state index in [9.17, 15) is 19.2 Å². The van der Waals surface area contributed by atoms with Crippen LogP contribution < -0.4 is 4.80 Å². The first-order valence-corrected chi connectivity index (χ1v) is 9.94. The van der Waals surface area contributed by atoms with Gasteiger partial charge in [0.25, 0.3) is 17.7 Å². The molecule has 9 heteroatoms. The number of carbonyl (C=O) groups excluding carboxylic acids is 4. The van der Waals surface area contributed by atoms with E-state index in [2.05, 4.69) is 10.9 Å². The third-order valence-electron chi connectivity index (χ3n) is 4.75. The number of hydrogen-bond acceptors (Lipinski definition) is 6. The Labute approximate surface area is 180 Å². The van der Waals surface area contributed by atoms with Gasteiger partial charge < -0.3 is 9.30 Å². The standard InChI is InChI=1S/C22H15N3O5S/c1-3-10-24-16-9-8-13(21(29)30-2)11-17(16)31-22(24)23-18(26)12-25-19(27)14-6-4-5-7-15(14)20(25)28/h1,4-9,11H,10,12H2,2H3. The summed E-state index contributed by atoms with van der Waals surface area (Å²) in [5.74, 6) is 0.302. The van der Waals surface area contributed by atoms with Crippen LogP contribution in [0.4, 0.5) is 0 Å². The van der Waals surface area contributed by atoms with Crippen LogP contribution in [0.25, 0.3) is 10.2 Å². The van der Waals surface area contributed by atoms with Crippen LogP contribution in [0.1, 0.15) is 31.1 Å². The van der Waals surface area contributed by atoms with E-state index in [0.29, 0.717) is 20.6 Å². The molecule has 8 nitrogen and oxygen atoms in total. The van der Waals surface area contributed by atoms with Crippen molar-refractivity contribution >= 4 is 45.2 Å². The molecule has 0 N–H and O–H groups in total. The zero-order valence-corrected chi connectivity index (χ0v) is 17.1. The number of fused-ring (bicyclic) bond motifs is 2. The van der Waals surface area contributed by atoms with Crippen LogP contribution in [0.5, 0.6) is 0 Å². The lowest BCUT2D eigenvalue weighted by molar-refractivity contribution is -0.118. The molecule has 31 heavy (non-hydrogen) atoms. The molecule has 1 aliphatic rings. The van der Waals surface area contributed by atoms with Crippen LogP contribution in [0, 0.1) is 12.3 Å². The predicted molar refractivity (Wildman–Crippen MR) is 112 cm³/mol. The molecule has 1 aromatic heterocycles. The summed E-state index contributed by atoms with van der Waals surface area (Å²) in [7, 11) is 1.29. The number of terminal acetylenes is 1. The van der Waals surface area contributed by atoms with Gasteiger partial charge in [-0.1, -0.05) is 29.4 Å². The highest BCUT2D eigenvalue weighted by Gasteiger charge is 2.36. The predicted octanol–water partition coefficient (Wildman–Crippen LogP) is 1.85. The highest BCUT2D eigenvalue weighted by atomic mass is 32.1. The van der Waals surface area contributed by atoms with Gasteiger partial charge in [0.05, 0.1) is 40.6 Å². The lowest BCUT2D eigenvalue weighted by Gasteiger charge is -2.10. The minimum Gasteiger partial charge on any atom is -0.465 e. The molecular formula is C22H15N3O5S. The number of methoxy groups -OCH3 is 1. The Hall–Kier alpha value is -4.03. The Morgan fingerprint density at radius 1 is 1.13 bits per heavy atom. The smallest absolute Gasteiger partial charge is 0.337 e. The lowest BCUT2D eigenvalue weighted by Crippen LogP contribution is -2.35. The SMILES string of the molecule is C#CCn1c(=NC(=O)CN2C(=O)c3ccccc3C2=O)sc2cc(C(=O)OC)ccc21. The van der Waals surface area contributed by atoms with Crippen molar-refractivity contribution in [3.63, 3.8) is 0 Å². The van der Waals surface area contributed by atoms with Gasteiger partial charge in [0.2, 0.25) is 0 Å². The Morgan fingerprint density at radius 2 is 1.81 bits per heavy atom. The van der Waals surface area contributed by atoms with Crippen LogP contribution in [0.3, 0.4) is 0 Å². The Bertz CT molecular complexity index is 1340. The summed E-state index contributed by atoms with van der Waals surface area (Å²) in [6, 6.07) is 11.3. The number of thiazole rings is 1. The summed E-state index contributed by atoms with van der Waals surface area (Å²) >= 11 is 1.16. The fraction of sp³-hybridized carbons (Fsp3) is 0.136. The molecule has 4 rings (SSSR count). The van der Waals surface area contributed by atoms with Gasteiger partial charge in [-0.15, -0.1) is 6.42 Å². The molecule has 0 saturated carbocycles. The van der Waals surface area contributed by atoms with Gasteiger partial charge in [0.15, 0.2) is 4.80 Å². The van der Waals surface area contributed by atoms with Gasteiger partial charge in [0, 0.05) is 0 Å². The maximum Gasteiger partial charge on any atom is 0.337 e. The van der Waals surface area contributed by atoms with Gasteiger partial charge in [-0.2, -0.15) is 4.99 Å². The molecule has 154 valence electrons. The molecule has 3 amide bonds. The Kier molecular flexibility index (Phi) is 5.23. The average Bonchev–Trinajstić information content (AvgIpc) is 3.23. The second-order valence-corrected chi connectivity index (χ2v) is 7.61. The molecule has 2 aromatic carbocycles. The molecular weight excluding hydrogens is 418 g/mol. The zero-order chi connectivity index (χ0) is 22.1. The van der Waals surface area contributed by atoms with E-state index in [4.69, 9.17) is 11.2 Å². The number of amides is 3. The van der Waals surface area contributed by atoms with Gasteiger partial charge >= 0.3 is 5.97 Å². The summed E-state index contributed by atoms with van der Waals surface area (Å²) in [6.07, 6.45) is 5.46. The number of hydrogen-bond donors (Lipinski definition) is 0. The van der Waals surface area contributed by atoms with Crippen LogP contribution in [-0.2, 0) is 16.1 Å². The monoisotopic (exact) mass is 433 g/mol. The molecule has 0 spiro atoms. The van der Waals surface area contributed by atoms with E-state index >= 15 is 0 Å². The number of esters is 1. The quantitative estimate of drug-likeness (QED) is 0.355. The van der Waals surface area contributed by atoms with Crippen molar-refractivity contribution in [2.24, 2.45) is 4.99 Å². The van der Waals surface area contributed by atoms with Crippen LogP contribution in [-0.4, -0.2) is 46.8 Å². The summed E-state index contributed by atoms with van der Waals surface area (Å²) in [5, 5.41) is 0. The normalized spacial score (nSPS) is 13.4. The first kappa shape index (κ1) is 20.3. The highest BCUT2D eigenvalue weighted by molar-refractivity contribution is 7.16. The topological polar surface area (TPSA) is 98.0 Å². The van der Waals surface area contributed by atoms with Crippen LogP contribution in [0.15, 0.2) is 47.5 Å². The molecule has 3 aromatic rings. The first-order valence-electron chi connectivity index (χ1n) is 9.12. The van der Waals surface area contributed by atoms with Crippen molar-refractivity contribution in [2.75, 3.05) is 13.7 Å². The molecule has 0 bridgehead atoms. The Morgan fingerprint density at radius 3 is 2.42 bits per heavy atom. The van der Waals surface area contributed by atoms with E-state index in [1.165, 1.54) is 7.11 Å². The van der Waals surface area contributed by atoms with Gasteiger partial charge in [-0.25, -0.2) is 4.79 Å². The maximum atomic E-state index is 12.6. The lowest BCUT2D eigenvalue weighted by atomic mass is 10.1. The molecule has 0 aliphatic carbocycles. The number of benzene rings is 2. The third-order valence-corrected chi connectivity index (χ3v) is 5.79. The number of imide groups is 1. The minimum atomic E-state index is -0.667. The molecule has 0 radical (unpaired) electrons. The first-order chi connectivity index (χ1) is 14.9. The van der Waals surface area contributed by atoms with E-state index in [-0.39, 0.29) is 17.7 Å². The number of aromatic nitrogens is 1. The summed E-state index contributed by atoms with van der Waals surface area (Å²) in [6.45, 7) is -0.333. The number of carbonyl (C=O) groups is 4. The van der Waals surface area contributed by atoms with Crippen molar-refractivity contribution in [2.45, 2.75) is 6.54 Å². The van der Waals surface area contributed by atoms with Crippen molar-refractivity contribution in [3.8, 4) is 12.3 Å².